The smallest absolute Gasteiger partial charge is 0.324 e. The Bertz CT molecular complexity index is 365. The van der Waals surface area contributed by atoms with Gasteiger partial charge in [-0.2, -0.15) is 0 Å². The predicted octanol–water partition coefficient (Wildman–Crippen LogP) is 1.77. The number of hydrogen-bond donors (Lipinski definition) is 2. The Morgan fingerprint density at radius 2 is 2.24 bits per heavy atom. The zero-order chi connectivity index (χ0) is 12.8. The molecule has 0 aliphatic carbocycles. The first kappa shape index (κ1) is 14.1. The van der Waals surface area contributed by atoms with Crippen molar-refractivity contribution in [2.45, 2.75) is 26.3 Å². The maximum Gasteiger partial charge on any atom is 0.324 e. The van der Waals surface area contributed by atoms with Crippen LogP contribution in [0.15, 0.2) is 12.1 Å². The lowest BCUT2D eigenvalue weighted by molar-refractivity contribution is -0.380. The quantitative estimate of drug-likeness (QED) is 0.576. The van der Waals surface area contributed by atoms with Crippen LogP contribution in [0, 0.1) is 16.0 Å². The van der Waals surface area contributed by atoms with Crippen LogP contribution >= 0.6 is 11.3 Å². The maximum atomic E-state index is 10.6. The summed E-state index contributed by atoms with van der Waals surface area (Å²) in [6, 6.07) is 3.72. The van der Waals surface area contributed by atoms with Gasteiger partial charge in [0, 0.05) is 30.1 Å². The van der Waals surface area contributed by atoms with E-state index < -0.39 is 0 Å². The summed E-state index contributed by atoms with van der Waals surface area (Å²) in [5.41, 5.74) is 5.46. The molecule has 1 unspecified atom stereocenters. The summed E-state index contributed by atoms with van der Waals surface area (Å²) in [7, 11) is 0. The average Bonchev–Trinajstić information content (AvgIpc) is 2.72. The molecule has 96 valence electrons. The Labute approximate surface area is 105 Å². The number of nitrogens with zero attached hydrogens (tertiary/aromatic N) is 1. The molecular weight excluding hydrogens is 238 g/mol. The summed E-state index contributed by atoms with van der Waals surface area (Å²) in [5, 5.41) is 14.2. The number of nitrogens with one attached hydrogen (secondary N) is 1. The fraction of sp³-hybridized carbons (Fsp3) is 0.636. The van der Waals surface area contributed by atoms with Crippen molar-refractivity contribution in [1.82, 2.24) is 5.32 Å². The van der Waals surface area contributed by atoms with Crippen molar-refractivity contribution in [2.24, 2.45) is 11.7 Å². The molecule has 0 aromatic carbocycles. The molecular formula is C11H19N3O2S. The van der Waals surface area contributed by atoms with E-state index in [4.69, 9.17) is 5.73 Å². The zero-order valence-corrected chi connectivity index (χ0v) is 11.0. The van der Waals surface area contributed by atoms with E-state index in [1.807, 2.05) is 6.07 Å². The summed E-state index contributed by atoms with van der Waals surface area (Å²) in [6.45, 7) is 5.65. The van der Waals surface area contributed by atoms with Gasteiger partial charge in [0.25, 0.3) is 0 Å². The Balaban J connectivity index is 2.61. The van der Waals surface area contributed by atoms with Crippen molar-refractivity contribution in [3.8, 4) is 0 Å². The molecule has 0 aliphatic heterocycles. The monoisotopic (exact) mass is 257 g/mol. The van der Waals surface area contributed by atoms with E-state index in [0.29, 0.717) is 18.5 Å². The third-order valence-corrected chi connectivity index (χ3v) is 3.66. The number of thiophene rings is 1. The summed E-state index contributed by atoms with van der Waals surface area (Å²) in [4.78, 5) is 11.3. The minimum atomic E-state index is -0.341. The van der Waals surface area contributed by atoms with E-state index in [-0.39, 0.29) is 9.92 Å². The molecule has 17 heavy (non-hydrogen) atoms. The fourth-order valence-electron chi connectivity index (χ4n) is 1.60. The Morgan fingerprint density at radius 1 is 1.53 bits per heavy atom. The first-order valence-electron chi connectivity index (χ1n) is 5.71. The molecule has 1 aromatic rings. The number of rotatable bonds is 7. The van der Waals surface area contributed by atoms with Crippen LogP contribution < -0.4 is 11.1 Å². The molecule has 3 N–H and O–H groups in total. The standard InChI is InChI=1S/C11H19N3O2S/c1-8(2)10(13-6-5-12)7-9-3-4-11(17-9)14(15)16/h3-4,8,10,13H,5-7,12H2,1-2H3. The summed E-state index contributed by atoms with van der Waals surface area (Å²) in [5.74, 6) is 0.475. The van der Waals surface area contributed by atoms with E-state index in [2.05, 4.69) is 19.2 Å². The van der Waals surface area contributed by atoms with Gasteiger partial charge in [-0.05, 0) is 18.4 Å². The maximum absolute atomic E-state index is 10.6. The molecule has 0 aliphatic rings. The summed E-state index contributed by atoms with van der Waals surface area (Å²) in [6.07, 6.45) is 0.816. The highest BCUT2D eigenvalue weighted by Crippen LogP contribution is 2.25. The van der Waals surface area contributed by atoms with Gasteiger partial charge < -0.3 is 11.1 Å². The molecule has 0 saturated carbocycles. The van der Waals surface area contributed by atoms with Gasteiger partial charge in [0.2, 0.25) is 0 Å². The van der Waals surface area contributed by atoms with Gasteiger partial charge in [0.15, 0.2) is 0 Å². The van der Waals surface area contributed by atoms with Crippen LogP contribution in [0.5, 0.6) is 0 Å². The van der Waals surface area contributed by atoms with Crippen LogP contribution in [0.3, 0.4) is 0 Å². The van der Waals surface area contributed by atoms with Crippen molar-refractivity contribution in [1.29, 1.82) is 0 Å². The second kappa shape index (κ2) is 6.68. The molecule has 0 spiro atoms. The lowest BCUT2D eigenvalue weighted by Gasteiger charge is -2.21. The molecule has 0 bridgehead atoms. The highest BCUT2D eigenvalue weighted by atomic mass is 32.1. The second-order valence-corrected chi connectivity index (χ2v) is 5.44. The Morgan fingerprint density at radius 3 is 2.71 bits per heavy atom. The third kappa shape index (κ3) is 4.41. The van der Waals surface area contributed by atoms with E-state index >= 15 is 0 Å². The Hall–Kier alpha value is -0.980. The van der Waals surface area contributed by atoms with Crippen LogP contribution in [0.25, 0.3) is 0 Å². The first-order valence-corrected chi connectivity index (χ1v) is 6.52. The minimum Gasteiger partial charge on any atom is -0.329 e. The van der Waals surface area contributed by atoms with Gasteiger partial charge in [-0.15, -0.1) is 0 Å². The van der Waals surface area contributed by atoms with E-state index in [1.165, 1.54) is 11.3 Å². The largest absolute Gasteiger partial charge is 0.329 e. The average molecular weight is 257 g/mol. The van der Waals surface area contributed by atoms with E-state index in [9.17, 15) is 10.1 Å². The number of nitrogens with two attached hydrogens (primary N) is 1. The van der Waals surface area contributed by atoms with Gasteiger partial charge in [-0.25, -0.2) is 0 Å². The predicted molar refractivity (Wildman–Crippen MR) is 70.4 cm³/mol. The van der Waals surface area contributed by atoms with Crippen molar-refractivity contribution in [3.63, 3.8) is 0 Å². The van der Waals surface area contributed by atoms with Gasteiger partial charge >= 0.3 is 5.00 Å². The van der Waals surface area contributed by atoms with Crippen molar-refractivity contribution in [2.75, 3.05) is 13.1 Å². The fourth-order valence-corrected chi connectivity index (χ4v) is 2.48. The molecule has 0 fully saturated rings. The SMILES string of the molecule is CC(C)C(Cc1ccc([N+](=O)[O-])s1)NCCN. The van der Waals surface area contributed by atoms with E-state index in [0.717, 1.165) is 17.8 Å². The zero-order valence-electron chi connectivity index (χ0n) is 10.2. The number of hydrogen-bond acceptors (Lipinski definition) is 5. The molecule has 0 saturated heterocycles. The van der Waals surface area contributed by atoms with Crippen molar-refractivity contribution >= 4 is 16.3 Å². The lowest BCUT2D eigenvalue weighted by atomic mass is 10.0. The number of nitro groups is 1. The normalized spacial score (nSPS) is 12.9. The van der Waals surface area contributed by atoms with Crippen LogP contribution in [-0.4, -0.2) is 24.1 Å². The molecule has 0 radical (unpaired) electrons. The molecule has 1 aromatic heterocycles. The van der Waals surface area contributed by atoms with Crippen LogP contribution in [0.1, 0.15) is 18.7 Å². The summed E-state index contributed by atoms with van der Waals surface area (Å²) < 4.78 is 0. The van der Waals surface area contributed by atoms with Gasteiger partial charge in [0.1, 0.15) is 0 Å². The van der Waals surface area contributed by atoms with E-state index in [1.54, 1.807) is 6.07 Å². The molecule has 1 rings (SSSR count). The lowest BCUT2D eigenvalue weighted by Crippen LogP contribution is -2.38. The molecule has 1 atom stereocenters. The first-order chi connectivity index (χ1) is 8.04. The van der Waals surface area contributed by atoms with Gasteiger partial charge in [0.05, 0.1) is 4.92 Å². The highest BCUT2D eigenvalue weighted by Gasteiger charge is 2.16. The molecule has 6 heteroatoms. The van der Waals surface area contributed by atoms with Gasteiger partial charge in [-0.1, -0.05) is 25.2 Å². The van der Waals surface area contributed by atoms with Crippen LogP contribution in [0.4, 0.5) is 5.00 Å². The van der Waals surface area contributed by atoms with Crippen LogP contribution in [0.2, 0.25) is 0 Å². The topological polar surface area (TPSA) is 81.2 Å². The molecule has 1 heterocycles. The van der Waals surface area contributed by atoms with Crippen molar-refractivity contribution < 1.29 is 4.92 Å². The summed E-state index contributed by atoms with van der Waals surface area (Å²) >= 11 is 1.25. The van der Waals surface area contributed by atoms with Gasteiger partial charge in [-0.3, -0.25) is 10.1 Å². The third-order valence-electron chi connectivity index (χ3n) is 2.60. The van der Waals surface area contributed by atoms with Crippen LogP contribution in [-0.2, 0) is 6.42 Å². The van der Waals surface area contributed by atoms with Crippen molar-refractivity contribution in [3.05, 3.63) is 27.1 Å². The highest BCUT2D eigenvalue weighted by molar-refractivity contribution is 7.15. The molecule has 0 amide bonds. The Kier molecular flexibility index (Phi) is 5.54. The minimum absolute atomic E-state index is 0.210. The molecule has 5 nitrogen and oxygen atoms in total. The second-order valence-electron chi connectivity index (χ2n) is 4.29.